The monoisotopic (exact) mass is 218 g/mol. The van der Waals surface area contributed by atoms with Gasteiger partial charge in [-0.15, -0.1) is 0 Å². The smallest absolute Gasteiger partial charge is 0.450 e. The van der Waals surface area contributed by atoms with Crippen LogP contribution in [-0.2, 0) is 0 Å². The van der Waals surface area contributed by atoms with Crippen molar-refractivity contribution in [3.8, 4) is 0 Å². The largest absolute Gasteiger partial charge is 0.503 e. The number of rotatable bonds is 3. The van der Waals surface area contributed by atoms with Crippen LogP contribution in [0.2, 0.25) is 0 Å². The fraction of sp³-hybridized carbons (Fsp3) is 0.625. The summed E-state index contributed by atoms with van der Waals surface area (Å²) in [6.45, 7) is 6.15. The topological polar surface area (TPSA) is 132 Å². The van der Waals surface area contributed by atoms with Crippen molar-refractivity contribution >= 4 is 17.8 Å². The van der Waals surface area contributed by atoms with E-state index >= 15 is 0 Å². The van der Waals surface area contributed by atoms with Crippen LogP contribution in [0.25, 0.3) is 0 Å². The van der Waals surface area contributed by atoms with Crippen LogP contribution >= 0.6 is 0 Å². The Morgan fingerprint density at radius 3 is 2.20 bits per heavy atom. The van der Waals surface area contributed by atoms with Crippen molar-refractivity contribution in [2.24, 2.45) is 16.8 Å². The number of guanidine groups is 1. The lowest BCUT2D eigenvalue weighted by atomic mass is 10.1. The summed E-state index contributed by atoms with van der Waals surface area (Å²) in [7, 11) is 0. The van der Waals surface area contributed by atoms with Gasteiger partial charge in [0.25, 0.3) is 0 Å². The molecule has 0 aliphatic heterocycles. The molecule has 0 aromatic rings. The summed E-state index contributed by atoms with van der Waals surface area (Å²) in [5, 5.41) is 24.7. The third kappa shape index (κ3) is 24.5. The molecule has 7 nitrogen and oxygen atoms in total. The van der Waals surface area contributed by atoms with Crippen LogP contribution in [0, 0.1) is 11.3 Å². The van der Waals surface area contributed by atoms with Crippen LogP contribution in [0.5, 0.6) is 0 Å². The first-order valence-corrected chi connectivity index (χ1v) is 4.30. The molecule has 0 saturated carbocycles. The average Bonchev–Trinajstić information content (AvgIpc) is 1.98. The van der Waals surface area contributed by atoms with E-state index in [-0.39, 0.29) is 5.96 Å². The van der Waals surface area contributed by atoms with Gasteiger partial charge in [-0.3, -0.25) is 5.41 Å². The third-order valence-corrected chi connectivity index (χ3v) is 1.07. The Labute approximate surface area is 88.5 Å². The van der Waals surface area contributed by atoms with Crippen molar-refractivity contribution in [2.45, 2.75) is 27.2 Å². The highest BCUT2D eigenvalue weighted by Gasteiger charge is 1.96. The maximum Gasteiger partial charge on any atom is 0.503 e. The van der Waals surface area contributed by atoms with E-state index in [1.807, 2.05) is 6.92 Å². The van der Waals surface area contributed by atoms with E-state index in [0.29, 0.717) is 5.92 Å². The van der Waals surface area contributed by atoms with Crippen molar-refractivity contribution in [1.82, 2.24) is 5.43 Å². The summed E-state index contributed by atoms with van der Waals surface area (Å²) < 4.78 is 0. The van der Waals surface area contributed by atoms with E-state index in [2.05, 4.69) is 24.4 Å². The van der Waals surface area contributed by atoms with Crippen molar-refractivity contribution in [3.63, 3.8) is 0 Å². The lowest BCUT2D eigenvalue weighted by Gasteiger charge is -2.03. The predicted molar refractivity (Wildman–Crippen MR) is 58.3 cm³/mol. The molecule has 0 bridgehead atoms. The van der Waals surface area contributed by atoms with Crippen molar-refractivity contribution in [1.29, 1.82) is 5.41 Å². The van der Waals surface area contributed by atoms with Gasteiger partial charge in [-0.05, 0) is 19.3 Å². The molecule has 0 fully saturated rings. The van der Waals surface area contributed by atoms with E-state index in [4.69, 9.17) is 26.2 Å². The predicted octanol–water partition coefficient (Wildman–Crippen LogP) is 1.11. The molecular formula is C8H18N4O3. The molecular weight excluding hydrogens is 200 g/mol. The van der Waals surface area contributed by atoms with E-state index in [0.717, 1.165) is 12.1 Å². The quantitative estimate of drug-likeness (QED) is 0.275. The number of carbonyl (C=O) groups is 1. The van der Waals surface area contributed by atoms with Crippen LogP contribution < -0.4 is 11.2 Å². The molecule has 0 aromatic carbocycles. The third-order valence-electron chi connectivity index (χ3n) is 1.07. The Hall–Kier alpha value is -1.79. The molecule has 7 heteroatoms. The molecule has 88 valence electrons. The van der Waals surface area contributed by atoms with Gasteiger partial charge in [0.15, 0.2) is 0 Å². The molecule has 0 rings (SSSR count). The first kappa shape index (κ1) is 15.7. The van der Waals surface area contributed by atoms with Gasteiger partial charge < -0.3 is 15.9 Å². The summed E-state index contributed by atoms with van der Waals surface area (Å²) in [6, 6.07) is 0. The maximum atomic E-state index is 8.56. The minimum absolute atomic E-state index is 0.117. The second-order valence-electron chi connectivity index (χ2n) is 3.25. The van der Waals surface area contributed by atoms with Gasteiger partial charge in [0.2, 0.25) is 5.96 Å². The molecule has 0 unspecified atom stereocenters. The number of carboxylic acid groups (broad SMARTS) is 2. The number of hydrogen-bond donors (Lipinski definition) is 5. The fourth-order valence-corrected chi connectivity index (χ4v) is 0.792. The molecule has 0 atom stereocenters. The first-order chi connectivity index (χ1) is 6.75. The molecule has 0 radical (unpaired) electrons. The number of hydrazone groups is 1. The Bertz CT molecular complexity index is 234. The Morgan fingerprint density at radius 2 is 1.93 bits per heavy atom. The lowest BCUT2D eigenvalue weighted by Crippen LogP contribution is -2.26. The number of nitrogens with two attached hydrogens (primary N) is 1. The van der Waals surface area contributed by atoms with E-state index in [1.54, 1.807) is 0 Å². The van der Waals surface area contributed by atoms with Gasteiger partial charge in [0, 0.05) is 5.71 Å². The highest BCUT2D eigenvalue weighted by molar-refractivity contribution is 5.84. The summed E-state index contributed by atoms with van der Waals surface area (Å²) in [6.07, 6.45) is -0.902. The van der Waals surface area contributed by atoms with E-state index in [1.165, 1.54) is 0 Å². The Kier molecular flexibility index (Phi) is 9.19. The van der Waals surface area contributed by atoms with Gasteiger partial charge in [0.05, 0.1) is 0 Å². The normalized spacial score (nSPS) is 10.3. The minimum atomic E-state index is -1.83. The summed E-state index contributed by atoms with van der Waals surface area (Å²) >= 11 is 0. The molecule has 0 aliphatic carbocycles. The highest BCUT2D eigenvalue weighted by atomic mass is 16.6. The van der Waals surface area contributed by atoms with Gasteiger partial charge in [-0.25, -0.2) is 10.2 Å². The number of hydrogen-bond acceptors (Lipinski definition) is 3. The van der Waals surface area contributed by atoms with Gasteiger partial charge in [-0.2, -0.15) is 5.10 Å². The van der Waals surface area contributed by atoms with Crippen molar-refractivity contribution in [3.05, 3.63) is 0 Å². The Morgan fingerprint density at radius 1 is 1.53 bits per heavy atom. The molecule has 0 aromatic heterocycles. The van der Waals surface area contributed by atoms with Gasteiger partial charge in [-0.1, -0.05) is 13.8 Å². The number of nitrogens with one attached hydrogen (secondary N) is 2. The Balaban J connectivity index is 0. The van der Waals surface area contributed by atoms with Crippen molar-refractivity contribution < 1.29 is 15.0 Å². The van der Waals surface area contributed by atoms with Crippen LogP contribution in [0.4, 0.5) is 4.79 Å². The second-order valence-corrected chi connectivity index (χ2v) is 3.25. The second kappa shape index (κ2) is 8.79. The first-order valence-electron chi connectivity index (χ1n) is 4.30. The van der Waals surface area contributed by atoms with Crippen LogP contribution in [-0.4, -0.2) is 28.0 Å². The van der Waals surface area contributed by atoms with Gasteiger partial charge in [0.1, 0.15) is 0 Å². The molecule has 0 spiro atoms. The van der Waals surface area contributed by atoms with Gasteiger partial charge >= 0.3 is 6.16 Å². The summed E-state index contributed by atoms with van der Waals surface area (Å²) in [5.41, 5.74) is 8.40. The van der Waals surface area contributed by atoms with Crippen LogP contribution in [0.3, 0.4) is 0 Å². The molecule has 0 aliphatic rings. The summed E-state index contributed by atoms with van der Waals surface area (Å²) in [5.74, 6) is 0.473. The van der Waals surface area contributed by atoms with E-state index in [9.17, 15) is 0 Å². The highest BCUT2D eigenvalue weighted by Crippen LogP contribution is 1.99. The number of nitrogens with zero attached hydrogens (tertiary/aromatic N) is 1. The van der Waals surface area contributed by atoms with E-state index < -0.39 is 6.16 Å². The molecule has 0 heterocycles. The van der Waals surface area contributed by atoms with Crippen molar-refractivity contribution in [2.75, 3.05) is 0 Å². The van der Waals surface area contributed by atoms with Crippen LogP contribution in [0.1, 0.15) is 27.2 Å². The zero-order chi connectivity index (χ0) is 12.4. The SMILES string of the molecule is CC(CC(C)C)=NNC(=N)N.O=C(O)O. The minimum Gasteiger partial charge on any atom is -0.450 e. The molecule has 6 N–H and O–H groups in total. The average molecular weight is 218 g/mol. The lowest BCUT2D eigenvalue weighted by molar-refractivity contribution is 0.137. The summed E-state index contributed by atoms with van der Waals surface area (Å²) in [4.78, 5) is 8.56. The fourth-order valence-electron chi connectivity index (χ4n) is 0.792. The standard InChI is InChI=1S/C7H16N4.CH2O3/c1-5(2)4-6(3)10-11-7(8)9;2-1(3)4/h5H,4H2,1-3H3,(H4,8,9,11);(H2,2,3,4). The van der Waals surface area contributed by atoms with Crippen LogP contribution in [0.15, 0.2) is 5.10 Å². The molecule has 0 amide bonds. The maximum absolute atomic E-state index is 8.56. The zero-order valence-electron chi connectivity index (χ0n) is 9.11. The molecule has 15 heavy (non-hydrogen) atoms. The molecule has 0 saturated heterocycles. The zero-order valence-corrected chi connectivity index (χ0v) is 9.11.